The fourth-order valence-electron chi connectivity index (χ4n) is 2.62. The van der Waals surface area contributed by atoms with E-state index in [9.17, 15) is 0 Å². The third kappa shape index (κ3) is 5.54. The first kappa shape index (κ1) is 17.0. The summed E-state index contributed by atoms with van der Waals surface area (Å²) < 4.78 is 5.48. The maximum Gasteiger partial charge on any atom is 0.123 e. The first-order chi connectivity index (χ1) is 9.43. The van der Waals surface area contributed by atoms with Gasteiger partial charge in [-0.05, 0) is 39.2 Å². The van der Waals surface area contributed by atoms with Gasteiger partial charge in [-0.3, -0.25) is 0 Å². The number of hydrogen-bond acceptors (Lipinski definition) is 2. The lowest BCUT2D eigenvalue weighted by Gasteiger charge is -2.22. The smallest absolute Gasteiger partial charge is 0.123 e. The minimum Gasteiger partial charge on any atom is -0.496 e. The summed E-state index contributed by atoms with van der Waals surface area (Å²) in [6, 6.07) is 7.23. The van der Waals surface area contributed by atoms with Gasteiger partial charge in [0.2, 0.25) is 0 Å². The lowest BCUT2D eigenvalue weighted by molar-refractivity contribution is 0.387. The Morgan fingerprint density at radius 3 is 2.40 bits per heavy atom. The van der Waals surface area contributed by atoms with Gasteiger partial charge in [-0.25, -0.2) is 0 Å². The van der Waals surface area contributed by atoms with Gasteiger partial charge in [0, 0.05) is 17.6 Å². The molecule has 0 heterocycles. The molecule has 0 fully saturated rings. The molecule has 0 saturated carbocycles. The molecule has 1 aromatic rings. The molecule has 0 aliphatic rings. The Kier molecular flexibility index (Phi) is 7.08. The minimum absolute atomic E-state index is 0.318. The van der Waals surface area contributed by atoms with Crippen LogP contribution in [0.5, 0.6) is 5.75 Å². The zero-order chi connectivity index (χ0) is 15.1. The summed E-state index contributed by atoms with van der Waals surface area (Å²) in [6.07, 6.45) is 3.84. The van der Waals surface area contributed by atoms with Crippen molar-refractivity contribution in [1.82, 2.24) is 5.32 Å². The average molecular weight is 277 g/mol. The van der Waals surface area contributed by atoms with Crippen LogP contribution in [-0.4, -0.2) is 13.2 Å². The van der Waals surface area contributed by atoms with Crippen molar-refractivity contribution in [1.29, 1.82) is 0 Å². The Morgan fingerprint density at radius 1 is 1.10 bits per heavy atom. The number of methoxy groups -OCH3 is 1. The van der Waals surface area contributed by atoms with Crippen LogP contribution in [0.15, 0.2) is 18.2 Å². The highest BCUT2D eigenvalue weighted by Crippen LogP contribution is 2.26. The standard InChI is InChI=1S/C18H31NO/c1-13(2)8-7-9-15(4)19-16(5)17-12-14(3)10-11-18(17)20-6/h10-13,15-16,19H,7-9H2,1-6H3. The molecule has 0 saturated heterocycles. The van der Waals surface area contributed by atoms with E-state index in [1.807, 2.05) is 0 Å². The fraction of sp³-hybridized carbons (Fsp3) is 0.667. The number of ether oxygens (including phenoxy) is 1. The second kappa shape index (κ2) is 8.31. The van der Waals surface area contributed by atoms with Crippen molar-refractivity contribution in [2.24, 2.45) is 5.92 Å². The maximum absolute atomic E-state index is 5.48. The van der Waals surface area contributed by atoms with Crippen LogP contribution in [0.2, 0.25) is 0 Å². The largest absolute Gasteiger partial charge is 0.496 e. The number of hydrogen-bond donors (Lipinski definition) is 1. The predicted molar refractivity (Wildman–Crippen MR) is 87.4 cm³/mol. The van der Waals surface area contributed by atoms with Gasteiger partial charge in [0.15, 0.2) is 0 Å². The summed E-state index contributed by atoms with van der Waals surface area (Å²) in [6.45, 7) is 11.2. The third-order valence-electron chi connectivity index (χ3n) is 3.80. The first-order valence-electron chi connectivity index (χ1n) is 7.84. The Bertz CT molecular complexity index is 400. The number of rotatable bonds is 8. The van der Waals surface area contributed by atoms with E-state index in [0.29, 0.717) is 12.1 Å². The molecule has 0 aromatic heterocycles. The molecule has 0 amide bonds. The van der Waals surface area contributed by atoms with Gasteiger partial charge >= 0.3 is 0 Å². The number of nitrogens with one attached hydrogen (secondary N) is 1. The molecule has 1 aromatic carbocycles. The van der Waals surface area contributed by atoms with Gasteiger partial charge in [-0.1, -0.05) is 44.4 Å². The molecular weight excluding hydrogens is 246 g/mol. The minimum atomic E-state index is 0.318. The van der Waals surface area contributed by atoms with E-state index in [2.05, 4.69) is 58.1 Å². The molecule has 0 spiro atoms. The SMILES string of the molecule is COc1ccc(C)cc1C(C)NC(C)CCCC(C)C. The van der Waals surface area contributed by atoms with Crippen molar-refractivity contribution in [3.63, 3.8) is 0 Å². The monoisotopic (exact) mass is 277 g/mol. The zero-order valence-corrected chi connectivity index (χ0v) is 14.0. The molecular formula is C18H31NO. The highest BCUT2D eigenvalue weighted by Gasteiger charge is 2.14. The van der Waals surface area contributed by atoms with E-state index < -0.39 is 0 Å². The highest BCUT2D eigenvalue weighted by atomic mass is 16.5. The molecule has 114 valence electrons. The zero-order valence-electron chi connectivity index (χ0n) is 14.0. The van der Waals surface area contributed by atoms with E-state index in [1.165, 1.54) is 30.4 Å². The topological polar surface area (TPSA) is 21.3 Å². The highest BCUT2D eigenvalue weighted by molar-refractivity contribution is 5.38. The maximum atomic E-state index is 5.48. The van der Waals surface area contributed by atoms with Crippen LogP contribution in [0.3, 0.4) is 0 Å². The van der Waals surface area contributed by atoms with Crippen LogP contribution in [0, 0.1) is 12.8 Å². The second-order valence-corrected chi connectivity index (χ2v) is 6.36. The molecule has 1 rings (SSSR count). The van der Waals surface area contributed by atoms with Crippen molar-refractivity contribution >= 4 is 0 Å². The third-order valence-corrected chi connectivity index (χ3v) is 3.80. The van der Waals surface area contributed by atoms with Crippen LogP contribution in [0.25, 0.3) is 0 Å². The molecule has 0 bridgehead atoms. The first-order valence-corrected chi connectivity index (χ1v) is 7.84. The molecule has 0 aliphatic carbocycles. The average Bonchev–Trinajstić information content (AvgIpc) is 2.38. The van der Waals surface area contributed by atoms with Crippen LogP contribution in [0.4, 0.5) is 0 Å². The summed E-state index contributed by atoms with van der Waals surface area (Å²) in [5.74, 6) is 1.78. The Hall–Kier alpha value is -1.02. The van der Waals surface area contributed by atoms with E-state index in [-0.39, 0.29) is 0 Å². The molecule has 2 nitrogen and oxygen atoms in total. The molecule has 2 atom stereocenters. The van der Waals surface area contributed by atoms with E-state index in [1.54, 1.807) is 7.11 Å². The summed E-state index contributed by atoms with van der Waals surface area (Å²) >= 11 is 0. The van der Waals surface area contributed by atoms with Gasteiger partial charge < -0.3 is 10.1 Å². The Balaban J connectivity index is 2.57. The van der Waals surface area contributed by atoms with Gasteiger partial charge in [-0.15, -0.1) is 0 Å². The molecule has 2 unspecified atom stereocenters. The van der Waals surface area contributed by atoms with Gasteiger partial charge in [-0.2, -0.15) is 0 Å². The summed E-state index contributed by atoms with van der Waals surface area (Å²) in [5.41, 5.74) is 2.53. The summed E-state index contributed by atoms with van der Waals surface area (Å²) in [5, 5.41) is 3.69. The lowest BCUT2D eigenvalue weighted by Crippen LogP contribution is -2.29. The summed E-state index contributed by atoms with van der Waals surface area (Å²) in [7, 11) is 1.74. The number of aryl methyl sites for hydroxylation is 1. The fourth-order valence-corrected chi connectivity index (χ4v) is 2.62. The second-order valence-electron chi connectivity index (χ2n) is 6.36. The van der Waals surface area contributed by atoms with Gasteiger partial charge in [0.25, 0.3) is 0 Å². The predicted octanol–water partition coefficient (Wildman–Crippen LogP) is 4.87. The Morgan fingerprint density at radius 2 is 1.80 bits per heavy atom. The quantitative estimate of drug-likeness (QED) is 0.732. The molecule has 2 heteroatoms. The van der Waals surface area contributed by atoms with Crippen molar-refractivity contribution in [3.8, 4) is 5.75 Å². The molecule has 0 radical (unpaired) electrons. The normalized spacial score (nSPS) is 14.3. The van der Waals surface area contributed by atoms with Crippen molar-refractivity contribution in [2.75, 3.05) is 7.11 Å². The van der Waals surface area contributed by atoms with E-state index >= 15 is 0 Å². The summed E-state index contributed by atoms with van der Waals surface area (Å²) in [4.78, 5) is 0. The van der Waals surface area contributed by atoms with Crippen molar-refractivity contribution in [2.45, 2.75) is 66.0 Å². The van der Waals surface area contributed by atoms with Crippen LogP contribution in [0.1, 0.15) is 64.1 Å². The van der Waals surface area contributed by atoms with Gasteiger partial charge in [0.05, 0.1) is 7.11 Å². The lowest BCUT2D eigenvalue weighted by atomic mass is 10.0. The van der Waals surface area contributed by atoms with E-state index in [4.69, 9.17) is 4.74 Å². The Labute approximate surface area is 124 Å². The van der Waals surface area contributed by atoms with Crippen LogP contribution in [-0.2, 0) is 0 Å². The van der Waals surface area contributed by atoms with Crippen LogP contribution < -0.4 is 10.1 Å². The van der Waals surface area contributed by atoms with Gasteiger partial charge in [0.1, 0.15) is 5.75 Å². The van der Waals surface area contributed by atoms with Crippen molar-refractivity contribution < 1.29 is 4.74 Å². The van der Waals surface area contributed by atoms with E-state index in [0.717, 1.165) is 11.7 Å². The molecule has 20 heavy (non-hydrogen) atoms. The number of benzene rings is 1. The van der Waals surface area contributed by atoms with Crippen molar-refractivity contribution in [3.05, 3.63) is 29.3 Å². The van der Waals surface area contributed by atoms with Crippen LogP contribution >= 0.6 is 0 Å². The molecule has 1 N–H and O–H groups in total. The molecule has 0 aliphatic heterocycles.